The zero-order chi connectivity index (χ0) is 19.3. The number of nitrogens with one attached hydrogen (secondary N) is 2. The second-order valence-electron chi connectivity index (χ2n) is 5.30. The Kier molecular flexibility index (Phi) is 6.54. The zero-order valence-corrected chi connectivity index (χ0v) is 15.7. The van der Waals surface area contributed by atoms with E-state index in [1.165, 1.54) is 19.2 Å². The van der Waals surface area contributed by atoms with Gasteiger partial charge in [-0.1, -0.05) is 30.7 Å². The molecule has 0 radical (unpaired) electrons. The number of hydrogen-bond acceptors (Lipinski definition) is 4. The van der Waals surface area contributed by atoms with E-state index in [0.717, 1.165) is 12.0 Å². The maximum Gasteiger partial charge on any atom is 0.339 e. The number of carboxylic acids is 1. The maximum atomic E-state index is 12.2. The second kappa shape index (κ2) is 8.64. The fraction of sp³-hybridized carbons (Fsp3) is 0.167. The fourth-order valence-electron chi connectivity index (χ4n) is 2.21. The van der Waals surface area contributed by atoms with Crippen LogP contribution in [0.5, 0.6) is 5.75 Å². The molecule has 0 unspecified atom stereocenters. The SMILES string of the molecule is CCc1ccc(C(=O)NC(=S)Nc2cc(OC)c(C(=O)O)cc2Cl)cc1. The Labute approximate surface area is 161 Å². The molecule has 2 aromatic rings. The van der Waals surface area contributed by atoms with Crippen molar-refractivity contribution in [3.63, 3.8) is 0 Å². The van der Waals surface area contributed by atoms with E-state index in [1.807, 2.05) is 19.1 Å². The standard InChI is InChI=1S/C18H17ClN2O4S/c1-3-10-4-6-11(7-5-10)16(22)21-18(26)20-14-9-15(25-2)12(17(23)24)8-13(14)19/h4-9H,3H2,1-2H3,(H,23,24)(H2,20,21,22,26). The van der Waals surface area contributed by atoms with Crippen LogP contribution >= 0.6 is 23.8 Å². The van der Waals surface area contributed by atoms with E-state index >= 15 is 0 Å². The van der Waals surface area contributed by atoms with Crippen LogP contribution in [0.1, 0.15) is 33.2 Å². The third-order valence-corrected chi connectivity index (χ3v) is 4.14. The minimum Gasteiger partial charge on any atom is -0.496 e. The van der Waals surface area contributed by atoms with Crippen LogP contribution in [-0.2, 0) is 6.42 Å². The van der Waals surface area contributed by atoms with Crippen molar-refractivity contribution in [3.8, 4) is 5.75 Å². The molecular weight excluding hydrogens is 376 g/mol. The number of carbonyl (C=O) groups is 2. The van der Waals surface area contributed by atoms with Gasteiger partial charge in [0.15, 0.2) is 5.11 Å². The number of halogens is 1. The van der Waals surface area contributed by atoms with Gasteiger partial charge in [0, 0.05) is 11.6 Å². The first-order valence-corrected chi connectivity index (χ1v) is 8.46. The van der Waals surface area contributed by atoms with E-state index in [4.69, 9.17) is 33.7 Å². The predicted molar refractivity (Wildman–Crippen MR) is 104 cm³/mol. The molecule has 1 amide bonds. The van der Waals surface area contributed by atoms with Gasteiger partial charge in [-0.2, -0.15) is 0 Å². The minimum absolute atomic E-state index is 0.0293. The van der Waals surface area contributed by atoms with Gasteiger partial charge in [0.05, 0.1) is 17.8 Å². The number of carbonyl (C=O) groups excluding carboxylic acids is 1. The molecule has 6 nitrogen and oxygen atoms in total. The average molecular weight is 393 g/mol. The molecule has 0 saturated heterocycles. The third kappa shape index (κ3) is 4.71. The Hall–Kier alpha value is -2.64. The number of carboxylic acid groups (broad SMARTS) is 1. The predicted octanol–water partition coefficient (Wildman–Crippen LogP) is 3.74. The number of ether oxygens (including phenoxy) is 1. The highest BCUT2D eigenvalue weighted by atomic mass is 35.5. The molecule has 0 heterocycles. The van der Waals surface area contributed by atoms with Crippen molar-refractivity contribution in [2.75, 3.05) is 12.4 Å². The second-order valence-corrected chi connectivity index (χ2v) is 6.11. The van der Waals surface area contributed by atoms with Crippen molar-refractivity contribution in [2.24, 2.45) is 0 Å². The van der Waals surface area contributed by atoms with Gasteiger partial charge in [-0.25, -0.2) is 4.79 Å². The number of hydrogen-bond donors (Lipinski definition) is 3. The largest absolute Gasteiger partial charge is 0.496 e. The third-order valence-electron chi connectivity index (χ3n) is 3.62. The normalized spacial score (nSPS) is 10.1. The first kappa shape index (κ1) is 19.7. The molecule has 8 heteroatoms. The lowest BCUT2D eigenvalue weighted by molar-refractivity contribution is 0.0693. The van der Waals surface area contributed by atoms with Crippen LogP contribution in [0.2, 0.25) is 5.02 Å². The molecule has 0 aliphatic rings. The van der Waals surface area contributed by atoms with E-state index in [-0.39, 0.29) is 27.4 Å². The number of thiocarbonyl (C=S) groups is 1. The molecule has 0 fully saturated rings. The van der Waals surface area contributed by atoms with Crippen molar-refractivity contribution >= 4 is 46.5 Å². The first-order valence-electron chi connectivity index (χ1n) is 7.67. The van der Waals surface area contributed by atoms with E-state index in [1.54, 1.807) is 12.1 Å². The molecule has 0 atom stereocenters. The van der Waals surface area contributed by atoms with E-state index in [2.05, 4.69) is 10.6 Å². The maximum absolute atomic E-state index is 12.2. The summed E-state index contributed by atoms with van der Waals surface area (Å²) >= 11 is 11.2. The fourth-order valence-corrected chi connectivity index (χ4v) is 2.62. The van der Waals surface area contributed by atoms with Crippen LogP contribution in [0.3, 0.4) is 0 Å². The molecule has 26 heavy (non-hydrogen) atoms. The summed E-state index contributed by atoms with van der Waals surface area (Å²) in [5, 5.41) is 14.6. The lowest BCUT2D eigenvalue weighted by Gasteiger charge is -2.13. The minimum atomic E-state index is -1.17. The summed E-state index contributed by atoms with van der Waals surface area (Å²) in [5.41, 5.74) is 1.84. The van der Waals surface area contributed by atoms with Crippen molar-refractivity contribution in [3.05, 3.63) is 58.1 Å². The lowest BCUT2D eigenvalue weighted by atomic mass is 10.1. The van der Waals surface area contributed by atoms with Gasteiger partial charge in [-0.15, -0.1) is 0 Å². The summed E-state index contributed by atoms with van der Waals surface area (Å²) in [4.78, 5) is 23.4. The van der Waals surface area contributed by atoms with Crippen LogP contribution in [-0.4, -0.2) is 29.2 Å². The summed E-state index contributed by atoms with van der Waals surface area (Å²) < 4.78 is 5.05. The highest BCUT2D eigenvalue weighted by Crippen LogP contribution is 2.31. The van der Waals surface area contributed by atoms with Crippen LogP contribution in [0, 0.1) is 0 Å². The van der Waals surface area contributed by atoms with Gasteiger partial charge < -0.3 is 15.2 Å². The highest BCUT2D eigenvalue weighted by Gasteiger charge is 2.16. The van der Waals surface area contributed by atoms with Crippen molar-refractivity contribution in [1.82, 2.24) is 5.32 Å². The molecule has 0 bridgehead atoms. The smallest absolute Gasteiger partial charge is 0.339 e. The van der Waals surface area contributed by atoms with Crippen LogP contribution in [0.4, 0.5) is 5.69 Å². The molecule has 0 saturated carbocycles. The summed E-state index contributed by atoms with van der Waals surface area (Å²) in [6.07, 6.45) is 0.883. The number of methoxy groups -OCH3 is 1. The van der Waals surface area contributed by atoms with Crippen molar-refractivity contribution < 1.29 is 19.4 Å². The van der Waals surface area contributed by atoms with Crippen molar-refractivity contribution in [1.29, 1.82) is 0 Å². The Morgan fingerprint density at radius 1 is 1.23 bits per heavy atom. The summed E-state index contributed by atoms with van der Waals surface area (Å²) in [5.74, 6) is -1.41. The quantitative estimate of drug-likeness (QED) is 0.672. The average Bonchev–Trinajstić information content (AvgIpc) is 2.62. The lowest BCUT2D eigenvalue weighted by Crippen LogP contribution is -2.34. The first-order chi connectivity index (χ1) is 12.3. The molecule has 0 aliphatic carbocycles. The van der Waals surface area contributed by atoms with Crippen LogP contribution < -0.4 is 15.4 Å². The Balaban J connectivity index is 2.11. The van der Waals surface area contributed by atoms with E-state index in [9.17, 15) is 9.59 Å². The monoisotopic (exact) mass is 392 g/mol. The molecule has 136 valence electrons. The molecule has 0 aliphatic heterocycles. The zero-order valence-electron chi connectivity index (χ0n) is 14.1. The number of rotatable bonds is 5. The molecular formula is C18H17ClN2O4S. The molecule has 0 spiro atoms. The molecule has 2 rings (SSSR count). The van der Waals surface area contributed by atoms with Gasteiger partial charge in [-0.3, -0.25) is 10.1 Å². The van der Waals surface area contributed by atoms with Gasteiger partial charge >= 0.3 is 5.97 Å². The van der Waals surface area contributed by atoms with Crippen LogP contribution in [0.25, 0.3) is 0 Å². The van der Waals surface area contributed by atoms with Gasteiger partial charge in [0.25, 0.3) is 5.91 Å². The van der Waals surface area contributed by atoms with Gasteiger partial charge in [0.2, 0.25) is 0 Å². The number of aryl methyl sites for hydroxylation is 1. The molecule has 0 aromatic heterocycles. The number of anilines is 1. The Bertz CT molecular complexity index is 853. The van der Waals surface area contributed by atoms with E-state index < -0.39 is 5.97 Å². The Morgan fingerprint density at radius 3 is 2.42 bits per heavy atom. The number of aromatic carboxylic acids is 1. The van der Waals surface area contributed by atoms with Gasteiger partial charge in [0.1, 0.15) is 11.3 Å². The highest BCUT2D eigenvalue weighted by molar-refractivity contribution is 7.80. The molecule has 3 N–H and O–H groups in total. The summed E-state index contributed by atoms with van der Waals surface area (Å²) in [7, 11) is 1.35. The number of amides is 1. The topological polar surface area (TPSA) is 87.7 Å². The van der Waals surface area contributed by atoms with Gasteiger partial charge in [-0.05, 0) is 42.4 Å². The summed E-state index contributed by atoms with van der Waals surface area (Å²) in [6.45, 7) is 2.03. The molecule has 2 aromatic carbocycles. The van der Waals surface area contributed by atoms with Crippen LogP contribution in [0.15, 0.2) is 36.4 Å². The Morgan fingerprint density at radius 2 is 1.88 bits per heavy atom. The van der Waals surface area contributed by atoms with E-state index in [0.29, 0.717) is 11.3 Å². The number of benzene rings is 2. The summed E-state index contributed by atoms with van der Waals surface area (Å²) in [6, 6.07) is 9.83. The van der Waals surface area contributed by atoms with Crippen molar-refractivity contribution in [2.45, 2.75) is 13.3 Å².